The maximum atomic E-state index is 14.1. The van der Waals surface area contributed by atoms with Gasteiger partial charge < -0.3 is 14.4 Å². The Morgan fingerprint density at radius 2 is 1.76 bits per heavy atom. The van der Waals surface area contributed by atoms with Crippen molar-refractivity contribution in [2.24, 2.45) is 5.11 Å². The second kappa shape index (κ2) is 10.9. The fraction of sp³-hybridized carbons (Fsp3) is 0.444. The summed E-state index contributed by atoms with van der Waals surface area (Å²) in [4.78, 5) is 45.5. The van der Waals surface area contributed by atoms with Gasteiger partial charge in [-0.2, -0.15) is 0 Å². The monoisotopic (exact) mass is 539 g/mol. The lowest BCUT2D eigenvalue weighted by molar-refractivity contribution is -0.140. The van der Waals surface area contributed by atoms with Crippen molar-refractivity contribution in [2.45, 2.75) is 56.7 Å². The first-order valence-corrected chi connectivity index (χ1v) is 12.7. The first-order chi connectivity index (χ1) is 18.1. The number of esters is 1. The molecule has 2 heterocycles. The number of azide groups is 1. The molecule has 2 unspecified atom stereocenters. The summed E-state index contributed by atoms with van der Waals surface area (Å²) in [7, 11) is 0. The van der Waals surface area contributed by atoms with Gasteiger partial charge in [0.2, 0.25) is 5.91 Å². The highest BCUT2D eigenvalue weighted by Crippen LogP contribution is 2.43. The Labute approximate surface area is 226 Å². The lowest BCUT2D eigenvalue weighted by Crippen LogP contribution is -2.55. The molecule has 0 spiro atoms. The summed E-state index contributed by atoms with van der Waals surface area (Å²) in [6.07, 6.45) is 0.195. The zero-order chi connectivity index (χ0) is 27.5. The number of hydrogen-bond acceptors (Lipinski definition) is 6. The van der Waals surface area contributed by atoms with Crippen molar-refractivity contribution >= 4 is 29.6 Å². The summed E-state index contributed by atoms with van der Waals surface area (Å²) in [5, 5.41) is 4.52. The molecule has 2 saturated heterocycles. The van der Waals surface area contributed by atoms with Gasteiger partial charge in [0.05, 0.1) is 0 Å². The summed E-state index contributed by atoms with van der Waals surface area (Å²) in [6, 6.07) is 13.7. The Morgan fingerprint density at radius 3 is 2.34 bits per heavy atom. The number of hydrogen-bond donors (Lipinski definition) is 0. The molecular weight excluding hydrogens is 510 g/mol. The number of nitrogens with zero attached hydrogens (tertiary/aromatic N) is 5. The van der Waals surface area contributed by atoms with Gasteiger partial charge in [-0.15, -0.1) is 0 Å². The zero-order valence-corrected chi connectivity index (χ0v) is 22.3. The molecule has 2 amide bonds. The van der Waals surface area contributed by atoms with Crippen LogP contribution in [0.25, 0.3) is 10.4 Å². The Kier molecular flexibility index (Phi) is 7.85. The maximum Gasteiger partial charge on any atom is 0.410 e. The van der Waals surface area contributed by atoms with E-state index in [0.717, 1.165) is 5.56 Å². The highest BCUT2D eigenvalue weighted by atomic mass is 35.5. The third-order valence-corrected chi connectivity index (χ3v) is 7.18. The molecule has 2 atom stereocenters. The molecular formula is C27H30ClN5O5. The van der Waals surface area contributed by atoms with Crippen molar-refractivity contribution in [2.75, 3.05) is 19.8 Å². The number of rotatable bonds is 5. The number of cyclic esters (lactones) is 1. The number of halogens is 1. The van der Waals surface area contributed by atoms with Crippen molar-refractivity contribution in [3.63, 3.8) is 0 Å². The largest absolute Gasteiger partial charge is 0.444 e. The minimum Gasteiger partial charge on any atom is -0.444 e. The predicted molar refractivity (Wildman–Crippen MR) is 140 cm³/mol. The Hall–Kier alpha value is -3.75. The summed E-state index contributed by atoms with van der Waals surface area (Å²) in [6.45, 7) is 5.69. The van der Waals surface area contributed by atoms with E-state index in [1.807, 2.05) is 6.07 Å². The van der Waals surface area contributed by atoms with Crippen molar-refractivity contribution in [3.05, 3.63) is 81.2 Å². The van der Waals surface area contributed by atoms with Gasteiger partial charge in [0.25, 0.3) is 0 Å². The molecule has 2 aliphatic rings. The molecule has 2 fully saturated rings. The van der Waals surface area contributed by atoms with E-state index in [2.05, 4.69) is 10.0 Å². The van der Waals surface area contributed by atoms with Gasteiger partial charge in [-0.1, -0.05) is 59.2 Å². The molecule has 4 rings (SSSR count). The van der Waals surface area contributed by atoms with Crippen molar-refractivity contribution in [1.29, 1.82) is 0 Å². The summed E-state index contributed by atoms with van der Waals surface area (Å²) >= 11 is 6.15. The van der Waals surface area contributed by atoms with E-state index < -0.39 is 41.1 Å². The Balaban J connectivity index is 1.70. The van der Waals surface area contributed by atoms with Crippen molar-refractivity contribution in [3.8, 4) is 0 Å². The van der Waals surface area contributed by atoms with Crippen LogP contribution in [0.4, 0.5) is 4.79 Å². The van der Waals surface area contributed by atoms with Crippen LogP contribution < -0.4 is 0 Å². The smallest absolute Gasteiger partial charge is 0.410 e. The second-order valence-corrected chi connectivity index (χ2v) is 10.9. The first kappa shape index (κ1) is 27.3. The molecule has 2 aliphatic heterocycles. The van der Waals surface area contributed by atoms with Crippen LogP contribution in [0.15, 0.2) is 59.7 Å². The van der Waals surface area contributed by atoms with E-state index in [4.69, 9.17) is 21.1 Å². The Bertz CT molecular complexity index is 1230. The van der Waals surface area contributed by atoms with Gasteiger partial charge in [-0.25, -0.2) is 9.59 Å². The van der Waals surface area contributed by atoms with Gasteiger partial charge in [-0.05, 0) is 62.4 Å². The van der Waals surface area contributed by atoms with Crippen LogP contribution >= 0.6 is 11.6 Å². The van der Waals surface area contributed by atoms with Crippen LogP contribution in [0.1, 0.15) is 50.8 Å². The number of likely N-dealkylation sites (tertiary alicyclic amines) is 1. The van der Waals surface area contributed by atoms with Crippen molar-refractivity contribution in [1.82, 2.24) is 9.80 Å². The van der Waals surface area contributed by atoms with Crippen LogP contribution in [-0.2, 0) is 24.5 Å². The molecule has 0 aliphatic carbocycles. The predicted octanol–water partition coefficient (Wildman–Crippen LogP) is 5.37. The summed E-state index contributed by atoms with van der Waals surface area (Å²) < 4.78 is 10.8. The van der Waals surface area contributed by atoms with Crippen LogP contribution in [0.3, 0.4) is 0 Å². The molecule has 0 N–H and O–H groups in total. The second-order valence-electron chi connectivity index (χ2n) is 10.5. The van der Waals surface area contributed by atoms with Crippen LogP contribution in [0.2, 0.25) is 5.02 Å². The molecule has 10 nitrogen and oxygen atoms in total. The van der Waals surface area contributed by atoms with Gasteiger partial charge in [0, 0.05) is 28.4 Å². The van der Waals surface area contributed by atoms with E-state index in [-0.39, 0.29) is 19.8 Å². The normalized spacial score (nSPS) is 19.8. The fourth-order valence-corrected chi connectivity index (χ4v) is 5.20. The van der Waals surface area contributed by atoms with Crippen molar-refractivity contribution < 1.29 is 23.9 Å². The lowest BCUT2D eigenvalue weighted by atomic mass is 9.67. The molecule has 0 bridgehead atoms. The van der Waals surface area contributed by atoms with E-state index >= 15 is 0 Å². The average Bonchev–Trinajstić information content (AvgIpc) is 3.28. The third kappa shape index (κ3) is 5.56. The molecule has 0 saturated carbocycles. The zero-order valence-electron chi connectivity index (χ0n) is 21.5. The third-order valence-electron chi connectivity index (χ3n) is 6.93. The van der Waals surface area contributed by atoms with Crippen LogP contribution in [-0.4, -0.2) is 59.2 Å². The van der Waals surface area contributed by atoms with Gasteiger partial charge >= 0.3 is 12.1 Å². The maximum absolute atomic E-state index is 14.1. The van der Waals surface area contributed by atoms with E-state index in [9.17, 15) is 19.9 Å². The topological polar surface area (TPSA) is 125 Å². The van der Waals surface area contributed by atoms with E-state index in [1.54, 1.807) is 74.2 Å². The number of carbonyl (C=O) groups excluding carboxylic acids is 3. The average molecular weight is 540 g/mol. The van der Waals surface area contributed by atoms with Gasteiger partial charge in [0.1, 0.15) is 11.6 Å². The lowest BCUT2D eigenvalue weighted by Gasteiger charge is -2.45. The Morgan fingerprint density at radius 1 is 1.13 bits per heavy atom. The number of piperidine rings is 1. The molecule has 2 aromatic rings. The summed E-state index contributed by atoms with van der Waals surface area (Å²) in [5.74, 6) is -1.08. The number of carbonyl (C=O) groups is 3. The fourth-order valence-electron chi connectivity index (χ4n) is 5.08. The highest BCUT2D eigenvalue weighted by Gasteiger charge is 2.51. The molecule has 0 aromatic heterocycles. The minimum atomic E-state index is -1.20. The van der Waals surface area contributed by atoms with Gasteiger partial charge in [-0.3, -0.25) is 9.69 Å². The number of amides is 2. The first-order valence-electron chi connectivity index (χ1n) is 12.4. The quantitative estimate of drug-likeness (QED) is 0.218. The van der Waals surface area contributed by atoms with Crippen LogP contribution in [0, 0.1) is 0 Å². The molecule has 2 aromatic carbocycles. The standard InChI is InChI=1S/C27H30ClN5O5/c1-26(2,3)38-25(36)32-15-13-27(14-16-32,19-9-11-20(28)12-10-19)22(30-31-29)23(34)33-17-37-24(35)21(33)18-7-5-4-6-8-18/h4-12,21-22H,13-17H2,1-3H3. The van der Waals surface area contributed by atoms with E-state index in [1.165, 1.54) is 4.90 Å². The van der Waals surface area contributed by atoms with Crippen LogP contribution in [0.5, 0.6) is 0 Å². The number of ether oxygens (including phenoxy) is 2. The minimum absolute atomic E-state index is 0.255. The molecule has 38 heavy (non-hydrogen) atoms. The van der Waals surface area contributed by atoms with Gasteiger partial charge in [0.15, 0.2) is 12.8 Å². The van der Waals surface area contributed by atoms with E-state index in [0.29, 0.717) is 23.4 Å². The molecule has 11 heteroatoms. The SMILES string of the molecule is CC(C)(C)OC(=O)N1CCC(c2ccc(Cl)cc2)(C(N=[N+]=[N-])C(=O)N2COC(=O)C2c2ccccc2)CC1. The number of benzene rings is 2. The highest BCUT2D eigenvalue weighted by molar-refractivity contribution is 6.30. The molecule has 0 radical (unpaired) electrons. The summed E-state index contributed by atoms with van der Waals surface area (Å²) in [5.41, 5.74) is 9.29. The molecule has 200 valence electrons.